The van der Waals surface area contributed by atoms with Gasteiger partial charge in [-0.2, -0.15) is 0 Å². The standard InChI is InChI=1S/C17H24F2N2O5/c1-17(25,16(20)24)7-6-11(15(23)21-26)9-12(22)4-2-10-3-5-13(18)14(19)8-10/h3,5,8,11-12,22,25-26H,2,4,6-7,9H2,1H3,(H2,20,24)(H,21,23)/t11-,12+,17?/m1/s1. The molecule has 9 heteroatoms. The molecule has 0 heterocycles. The Labute approximate surface area is 149 Å². The van der Waals surface area contributed by atoms with Crippen molar-refractivity contribution < 1.29 is 33.8 Å². The number of hydrogen-bond donors (Lipinski definition) is 5. The molecule has 0 aliphatic rings. The SMILES string of the molecule is CC(O)(CC[C@H](C[C@@H](O)CCc1ccc(F)c(F)c1)C(=O)NO)C(N)=O. The minimum atomic E-state index is -1.81. The topological polar surface area (TPSA) is 133 Å². The van der Waals surface area contributed by atoms with E-state index in [1.807, 2.05) is 0 Å². The van der Waals surface area contributed by atoms with Crippen LogP contribution in [0.25, 0.3) is 0 Å². The van der Waals surface area contributed by atoms with E-state index in [1.54, 1.807) is 0 Å². The lowest BCUT2D eigenvalue weighted by Gasteiger charge is -2.23. The first-order valence-corrected chi connectivity index (χ1v) is 8.15. The molecule has 0 aliphatic carbocycles. The van der Waals surface area contributed by atoms with Crippen molar-refractivity contribution in [2.45, 2.75) is 50.7 Å². The van der Waals surface area contributed by atoms with Crippen molar-refractivity contribution in [3.63, 3.8) is 0 Å². The summed E-state index contributed by atoms with van der Waals surface area (Å²) in [4.78, 5) is 22.9. The number of benzene rings is 1. The number of primary amides is 1. The molecule has 0 bridgehead atoms. The molecule has 26 heavy (non-hydrogen) atoms. The maximum Gasteiger partial charge on any atom is 0.249 e. The van der Waals surface area contributed by atoms with Crippen molar-refractivity contribution >= 4 is 11.8 Å². The van der Waals surface area contributed by atoms with Crippen LogP contribution in [0, 0.1) is 17.6 Å². The molecule has 1 aromatic carbocycles. The van der Waals surface area contributed by atoms with E-state index in [0.717, 1.165) is 12.1 Å². The van der Waals surface area contributed by atoms with Crippen molar-refractivity contribution in [3.8, 4) is 0 Å². The summed E-state index contributed by atoms with van der Waals surface area (Å²) in [6, 6.07) is 3.42. The zero-order valence-corrected chi connectivity index (χ0v) is 14.4. The monoisotopic (exact) mass is 374 g/mol. The quantitative estimate of drug-likeness (QED) is 0.305. The van der Waals surface area contributed by atoms with E-state index < -0.39 is 41.1 Å². The van der Waals surface area contributed by atoms with E-state index in [1.165, 1.54) is 18.5 Å². The number of aliphatic hydroxyl groups is 2. The molecule has 7 nitrogen and oxygen atoms in total. The predicted octanol–water partition coefficient (Wildman–Crippen LogP) is 0.786. The van der Waals surface area contributed by atoms with E-state index in [2.05, 4.69) is 0 Å². The largest absolute Gasteiger partial charge is 0.393 e. The third-order valence-electron chi connectivity index (χ3n) is 4.30. The molecule has 0 radical (unpaired) electrons. The number of aryl methyl sites for hydroxylation is 1. The number of rotatable bonds is 10. The molecule has 1 rings (SSSR count). The Morgan fingerprint density at radius 3 is 2.46 bits per heavy atom. The van der Waals surface area contributed by atoms with Crippen LogP contribution >= 0.6 is 0 Å². The lowest BCUT2D eigenvalue weighted by molar-refractivity contribution is -0.139. The summed E-state index contributed by atoms with van der Waals surface area (Å²) < 4.78 is 26.1. The van der Waals surface area contributed by atoms with Crippen LogP contribution < -0.4 is 11.2 Å². The van der Waals surface area contributed by atoms with Crippen LogP contribution in [-0.4, -0.2) is 38.9 Å². The molecular weight excluding hydrogens is 350 g/mol. The van der Waals surface area contributed by atoms with Crippen molar-refractivity contribution in [2.75, 3.05) is 0 Å². The molecule has 0 saturated carbocycles. The smallest absolute Gasteiger partial charge is 0.249 e. The Hall–Kier alpha value is -2.10. The van der Waals surface area contributed by atoms with Crippen LogP contribution in [0.5, 0.6) is 0 Å². The number of nitrogens with two attached hydrogens (primary N) is 1. The van der Waals surface area contributed by atoms with E-state index in [4.69, 9.17) is 10.9 Å². The van der Waals surface area contributed by atoms with Gasteiger partial charge in [0.1, 0.15) is 5.60 Å². The highest BCUT2D eigenvalue weighted by atomic mass is 19.2. The van der Waals surface area contributed by atoms with E-state index in [0.29, 0.717) is 5.56 Å². The minimum absolute atomic E-state index is 0.00453. The summed E-state index contributed by atoms with van der Waals surface area (Å²) in [6.45, 7) is 1.21. The molecular formula is C17H24F2N2O5. The van der Waals surface area contributed by atoms with Gasteiger partial charge in [-0.05, 0) is 56.7 Å². The van der Waals surface area contributed by atoms with Gasteiger partial charge in [0.2, 0.25) is 11.8 Å². The summed E-state index contributed by atoms with van der Waals surface area (Å²) in [6.07, 6.45) is -0.715. The molecule has 0 aromatic heterocycles. The maximum atomic E-state index is 13.2. The number of aliphatic hydroxyl groups excluding tert-OH is 1. The molecule has 1 unspecified atom stereocenters. The van der Waals surface area contributed by atoms with Gasteiger partial charge in [-0.3, -0.25) is 14.8 Å². The first kappa shape index (κ1) is 21.9. The van der Waals surface area contributed by atoms with E-state index >= 15 is 0 Å². The average molecular weight is 374 g/mol. The average Bonchev–Trinajstić information content (AvgIpc) is 2.58. The zero-order chi connectivity index (χ0) is 19.9. The highest BCUT2D eigenvalue weighted by molar-refractivity contribution is 5.82. The third-order valence-corrected chi connectivity index (χ3v) is 4.30. The van der Waals surface area contributed by atoms with E-state index in [-0.39, 0.29) is 32.1 Å². The van der Waals surface area contributed by atoms with Crippen LogP contribution in [0.3, 0.4) is 0 Å². The molecule has 0 spiro atoms. The summed E-state index contributed by atoms with van der Waals surface area (Å²) in [5.74, 6) is -4.53. The predicted molar refractivity (Wildman–Crippen MR) is 87.8 cm³/mol. The van der Waals surface area contributed by atoms with Crippen molar-refractivity contribution in [1.29, 1.82) is 0 Å². The number of carbonyl (C=O) groups is 2. The van der Waals surface area contributed by atoms with Crippen molar-refractivity contribution in [3.05, 3.63) is 35.4 Å². The molecule has 2 amide bonds. The Balaban J connectivity index is 2.61. The van der Waals surface area contributed by atoms with Crippen LogP contribution in [0.2, 0.25) is 0 Å². The fourth-order valence-electron chi connectivity index (χ4n) is 2.50. The van der Waals surface area contributed by atoms with Crippen LogP contribution in [0.15, 0.2) is 18.2 Å². The van der Waals surface area contributed by atoms with Crippen LogP contribution in [0.4, 0.5) is 8.78 Å². The maximum absolute atomic E-state index is 13.2. The Bertz CT molecular complexity index is 640. The summed E-state index contributed by atoms with van der Waals surface area (Å²) in [5, 5.41) is 28.7. The van der Waals surface area contributed by atoms with Gasteiger partial charge in [0, 0.05) is 5.92 Å². The van der Waals surface area contributed by atoms with Gasteiger partial charge in [-0.25, -0.2) is 14.3 Å². The minimum Gasteiger partial charge on any atom is -0.393 e. The number of hydrogen-bond acceptors (Lipinski definition) is 5. The van der Waals surface area contributed by atoms with Gasteiger partial charge in [-0.15, -0.1) is 0 Å². The summed E-state index contributed by atoms with van der Waals surface area (Å²) >= 11 is 0. The second-order valence-corrected chi connectivity index (χ2v) is 6.53. The van der Waals surface area contributed by atoms with Gasteiger partial charge in [0.15, 0.2) is 11.6 Å². The van der Waals surface area contributed by atoms with Crippen molar-refractivity contribution in [1.82, 2.24) is 5.48 Å². The summed E-state index contributed by atoms with van der Waals surface area (Å²) in [7, 11) is 0. The first-order chi connectivity index (χ1) is 12.1. The highest BCUT2D eigenvalue weighted by Crippen LogP contribution is 2.22. The second-order valence-electron chi connectivity index (χ2n) is 6.53. The Kier molecular flexibility index (Phi) is 8.07. The highest BCUT2D eigenvalue weighted by Gasteiger charge is 2.31. The lowest BCUT2D eigenvalue weighted by Crippen LogP contribution is -2.42. The van der Waals surface area contributed by atoms with Gasteiger partial charge in [0.25, 0.3) is 0 Å². The molecule has 0 aliphatic heterocycles. The van der Waals surface area contributed by atoms with Gasteiger partial charge in [0.05, 0.1) is 6.10 Å². The normalized spacial score (nSPS) is 15.8. The number of hydroxylamine groups is 1. The molecule has 1 aromatic rings. The molecule has 0 fully saturated rings. The molecule has 0 saturated heterocycles. The van der Waals surface area contributed by atoms with Gasteiger partial charge >= 0.3 is 0 Å². The number of nitrogens with one attached hydrogen (secondary N) is 1. The van der Waals surface area contributed by atoms with Crippen LogP contribution in [0.1, 0.15) is 38.2 Å². The van der Waals surface area contributed by atoms with Gasteiger partial charge < -0.3 is 15.9 Å². The molecule has 146 valence electrons. The van der Waals surface area contributed by atoms with Gasteiger partial charge in [-0.1, -0.05) is 6.07 Å². The third kappa shape index (κ3) is 6.66. The number of halogens is 2. The Morgan fingerprint density at radius 1 is 1.27 bits per heavy atom. The second kappa shape index (κ2) is 9.56. The molecule has 3 atom stereocenters. The summed E-state index contributed by atoms with van der Waals surface area (Å²) in [5.41, 5.74) is 5.21. The first-order valence-electron chi connectivity index (χ1n) is 8.15. The Morgan fingerprint density at radius 2 is 1.92 bits per heavy atom. The van der Waals surface area contributed by atoms with Crippen molar-refractivity contribution in [2.24, 2.45) is 11.7 Å². The zero-order valence-electron chi connectivity index (χ0n) is 14.4. The number of amides is 2. The fourth-order valence-corrected chi connectivity index (χ4v) is 2.50. The molecule has 6 N–H and O–H groups in total. The lowest BCUT2D eigenvalue weighted by atomic mass is 9.88. The van der Waals surface area contributed by atoms with Crippen LogP contribution in [-0.2, 0) is 16.0 Å². The fraction of sp³-hybridized carbons (Fsp3) is 0.529. The van der Waals surface area contributed by atoms with E-state index in [9.17, 15) is 28.6 Å². The number of carbonyl (C=O) groups excluding carboxylic acids is 2.